The van der Waals surface area contributed by atoms with E-state index in [0.717, 1.165) is 17.0 Å². The molecule has 14 heavy (non-hydrogen) atoms. The highest BCUT2D eigenvalue weighted by atomic mass is 15.0. The summed E-state index contributed by atoms with van der Waals surface area (Å²) in [5.41, 5.74) is 7.56. The standard InChI is InChI=1S/C10H12N4/c1-14-3-2-13-10(14)9-4-8(5-11)6-12-7-9/h2-4,6-7H,5,11H2,1H3. The molecule has 0 unspecified atom stereocenters. The molecule has 4 nitrogen and oxygen atoms in total. The topological polar surface area (TPSA) is 56.7 Å². The van der Waals surface area contributed by atoms with Crippen molar-refractivity contribution in [3.8, 4) is 11.4 Å². The quantitative estimate of drug-likeness (QED) is 0.763. The molecule has 4 heteroatoms. The Hall–Kier alpha value is -1.68. The second kappa shape index (κ2) is 3.59. The molecule has 2 heterocycles. The summed E-state index contributed by atoms with van der Waals surface area (Å²) in [7, 11) is 1.96. The summed E-state index contributed by atoms with van der Waals surface area (Å²) in [6, 6.07) is 2.01. The van der Waals surface area contributed by atoms with Gasteiger partial charge in [0.15, 0.2) is 0 Å². The molecule has 0 saturated carbocycles. The van der Waals surface area contributed by atoms with Crippen LogP contribution in [0.5, 0.6) is 0 Å². The first-order valence-electron chi connectivity index (χ1n) is 4.43. The van der Waals surface area contributed by atoms with E-state index in [1.54, 1.807) is 18.6 Å². The molecule has 2 aromatic rings. The van der Waals surface area contributed by atoms with Crippen LogP contribution in [0, 0.1) is 0 Å². The molecule has 0 atom stereocenters. The number of nitrogens with two attached hydrogens (primary N) is 1. The second-order valence-electron chi connectivity index (χ2n) is 3.15. The van der Waals surface area contributed by atoms with Gasteiger partial charge in [0.1, 0.15) is 5.82 Å². The molecule has 2 rings (SSSR count). The van der Waals surface area contributed by atoms with E-state index in [0.29, 0.717) is 6.54 Å². The van der Waals surface area contributed by atoms with Gasteiger partial charge in [0.05, 0.1) is 0 Å². The number of hydrogen-bond acceptors (Lipinski definition) is 3. The van der Waals surface area contributed by atoms with Gasteiger partial charge in [-0.1, -0.05) is 0 Å². The molecule has 2 N–H and O–H groups in total. The maximum absolute atomic E-state index is 5.54. The lowest BCUT2D eigenvalue weighted by Crippen LogP contribution is -1.98. The molecule has 0 aliphatic heterocycles. The van der Waals surface area contributed by atoms with Gasteiger partial charge in [-0.05, 0) is 11.6 Å². The molecule has 0 spiro atoms. The van der Waals surface area contributed by atoms with Crippen molar-refractivity contribution in [1.82, 2.24) is 14.5 Å². The molecule has 0 saturated heterocycles. The van der Waals surface area contributed by atoms with E-state index in [-0.39, 0.29) is 0 Å². The monoisotopic (exact) mass is 188 g/mol. The van der Waals surface area contributed by atoms with Crippen molar-refractivity contribution >= 4 is 0 Å². The van der Waals surface area contributed by atoms with Crippen LogP contribution in [0.15, 0.2) is 30.9 Å². The van der Waals surface area contributed by atoms with Crippen molar-refractivity contribution in [2.45, 2.75) is 6.54 Å². The van der Waals surface area contributed by atoms with Crippen molar-refractivity contribution in [1.29, 1.82) is 0 Å². The first-order chi connectivity index (χ1) is 6.81. The predicted octanol–water partition coefficient (Wildman–Crippen LogP) is 0.941. The van der Waals surface area contributed by atoms with Crippen LogP contribution in [0.4, 0.5) is 0 Å². The van der Waals surface area contributed by atoms with Crippen LogP contribution in [-0.4, -0.2) is 14.5 Å². The van der Waals surface area contributed by atoms with Crippen molar-refractivity contribution in [3.63, 3.8) is 0 Å². The van der Waals surface area contributed by atoms with Gasteiger partial charge in [-0.25, -0.2) is 4.98 Å². The minimum absolute atomic E-state index is 0.505. The molecule has 2 aromatic heterocycles. The maximum atomic E-state index is 5.54. The summed E-state index contributed by atoms with van der Waals surface area (Å²) in [5.74, 6) is 0.910. The van der Waals surface area contributed by atoms with Gasteiger partial charge in [0.2, 0.25) is 0 Å². The summed E-state index contributed by atoms with van der Waals surface area (Å²) in [6.07, 6.45) is 7.24. The van der Waals surface area contributed by atoms with Crippen LogP contribution in [0.2, 0.25) is 0 Å². The Labute approximate surface area is 82.4 Å². The van der Waals surface area contributed by atoms with E-state index in [1.807, 2.05) is 23.9 Å². The minimum Gasteiger partial charge on any atom is -0.334 e. The van der Waals surface area contributed by atoms with Gasteiger partial charge in [0, 0.05) is 43.9 Å². The van der Waals surface area contributed by atoms with Crippen LogP contribution in [0.3, 0.4) is 0 Å². The lowest BCUT2D eigenvalue weighted by molar-refractivity contribution is 0.921. The zero-order valence-electron chi connectivity index (χ0n) is 8.01. The van der Waals surface area contributed by atoms with E-state index in [9.17, 15) is 0 Å². The third kappa shape index (κ3) is 1.52. The van der Waals surface area contributed by atoms with Crippen molar-refractivity contribution in [2.24, 2.45) is 12.8 Å². The van der Waals surface area contributed by atoms with Crippen LogP contribution in [-0.2, 0) is 13.6 Å². The number of rotatable bonds is 2. The highest BCUT2D eigenvalue weighted by Gasteiger charge is 2.03. The zero-order chi connectivity index (χ0) is 9.97. The smallest absolute Gasteiger partial charge is 0.141 e. The predicted molar refractivity (Wildman–Crippen MR) is 54.3 cm³/mol. The van der Waals surface area contributed by atoms with Gasteiger partial charge >= 0.3 is 0 Å². The summed E-state index contributed by atoms with van der Waals surface area (Å²) < 4.78 is 1.96. The highest BCUT2D eigenvalue weighted by molar-refractivity contribution is 5.54. The Balaban J connectivity index is 2.47. The van der Waals surface area contributed by atoms with E-state index in [2.05, 4.69) is 9.97 Å². The number of aromatic nitrogens is 3. The van der Waals surface area contributed by atoms with Gasteiger partial charge < -0.3 is 10.3 Å². The third-order valence-corrected chi connectivity index (χ3v) is 2.11. The fourth-order valence-corrected chi connectivity index (χ4v) is 1.37. The number of aryl methyl sites for hydroxylation is 1. The fraction of sp³-hybridized carbons (Fsp3) is 0.200. The fourth-order valence-electron chi connectivity index (χ4n) is 1.37. The normalized spacial score (nSPS) is 10.4. The molecule has 0 aliphatic carbocycles. The summed E-state index contributed by atoms with van der Waals surface area (Å²) in [5, 5.41) is 0. The van der Waals surface area contributed by atoms with Gasteiger partial charge in [0.25, 0.3) is 0 Å². The lowest BCUT2D eigenvalue weighted by Gasteiger charge is -2.02. The highest BCUT2D eigenvalue weighted by Crippen LogP contribution is 2.15. The molecule has 0 bridgehead atoms. The molecule has 0 aliphatic rings. The average molecular weight is 188 g/mol. The number of hydrogen-bond donors (Lipinski definition) is 1. The zero-order valence-corrected chi connectivity index (χ0v) is 8.01. The van der Waals surface area contributed by atoms with Gasteiger partial charge in [-0.15, -0.1) is 0 Å². The van der Waals surface area contributed by atoms with Gasteiger partial charge in [-0.3, -0.25) is 4.98 Å². The Morgan fingerprint density at radius 1 is 1.43 bits per heavy atom. The first kappa shape index (κ1) is 8.90. The van der Waals surface area contributed by atoms with E-state index in [4.69, 9.17) is 5.73 Å². The Morgan fingerprint density at radius 3 is 2.93 bits per heavy atom. The van der Waals surface area contributed by atoms with E-state index >= 15 is 0 Å². The summed E-state index contributed by atoms with van der Waals surface area (Å²) in [6.45, 7) is 0.505. The van der Waals surface area contributed by atoms with Crippen LogP contribution in [0.25, 0.3) is 11.4 Å². The average Bonchev–Trinajstić information content (AvgIpc) is 2.65. The van der Waals surface area contributed by atoms with Gasteiger partial charge in [-0.2, -0.15) is 0 Å². The molecular weight excluding hydrogens is 176 g/mol. The van der Waals surface area contributed by atoms with Crippen molar-refractivity contribution in [2.75, 3.05) is 0 Å². The Kier molecular flexibility index (Phi) is 2.28. The summed E-state index contributed by atoms with van der Waals surface area (Å²) in [4.78, 5) is 8.36. The van der Waals surface area contributed by atoms with E-state index < -0.39 is 0 Å². The third-order valence-electron chi connectivity index (χ3n) is 2.11. The molecule has 0 amide bonds. The lowest BCUT2D eigenvalue weighted by atomic mass is 10.2. The Morgan fingerprint density at radius 2 is 2.29 bits per heavy atom. The van der Waals surface area contributed by atoms with Crippen LogP contribution < -0.4 is 5.73 Å². The Bertz CT molecular complexity index is 433. The van der Waals surface area contributed by atoms with Crippen LogP contribution >= 0.6 is 0 Å². The van der Waals surface area contributed by atoms with Crippen LogP contribution in [0.1, 0.15) is 5.56 Å². The largest absolute Gasteiger partial charge is 0.334 e. The maximum Gasteiger partial charge on any atom is 0.141 e. The molecule has 0 fully saturated rings. The van der Waals surface area contributed by atoms with Crippen molar-refractivity contribution < 1.29 is 0 Å². The summed E-state index contributed by atoms with van der Waals surface area (Å²) >= 11 is 0. The number of pyridine rings is 1. The first-order valence-corrected chi connectivity index (χ1v) is 4.43. The van der Waals surface area contributed by atoms with E-state index in [1.165, 1.54) is 0 Å². The molecule has 72 valence electrons. The number of imidazole rings is 1. The number of nitrogens with zero attached hydrogens (tertiary/aromatic N) is 3. The minimum atomic E-state index is 0.505. The SMILES string of the molecule is Cn1ccnc1-c1cncc(CN)c1. The molecular formula is C10H12N4. The molecule has 0 aromatic carbocycles. The van der Waals surface area contributed by atoms with Crippen molar-refractivity contribution in [3.05, 3.63) is 36.4 Å². The second-order valence-corrected chi connectivity index (χ2v) is 3.15. The molecule has 0 radical (unpaired) electrons.